The van der Waals surface area contributed by atoms with Crippen molar-refractivity contribution >= 4 is 55.9 Å². The number of aromatic nitrogens is 2. The molecule has 7 nitrogen and oxygen atoms in total. The first-order chi connectivity index (χ1) is 16.6. The van der Waals surface area contributed by atoms with Gasteiger partial charge in [0.25, 0.3) is 0 Å². The van der Waals surface area contributed by atoms with Crippen molar-refractivity contribution in [1.29, 1.82) is 0 Å². The molecule has 0 atom stereocenters. The molecule has 0 spiro atoms. The summed E-state index contributed by atoms with van der Waals surface area (Å²) in [6.45, 7) is 2.96. The SMILES string of the molecule is Cc1cc(S(=O)(=O)NC[C@H]2CC[C@H](CNc3nc(N(C)C)c4ccccc4n3)CC2)c(Cl)cc1Cl. The van der Waals surface area contributed by atoms with E-state index in [-0.39, 0.29) is 9.92 Å². The molecule has 0 aliphatic heterocycles. The van der Waals surface area contributed by atoms with Gasteiger partial charge in [-0.2, -0.15) is 4.98 Å². The van der Waals surface area contributed by atoms with Crippen LogP contribution in [0.5, 0.6) is 0 Å². The van der Waals surface area contributed by atoms with E-state index in [2.05, 4.69) is 15.0 Å². The van der Waals surface area contributed by atoms with E-state index in [1.165, 1.54) is 12.1 Å². The zero-order chi connectivity index (χ0) is 25.2. The van der Waals surface area contributed by atoms with Crippen molar-refractivity contribution < 1.29 is 8.42 Å². The second kappa shape index (κ2) is 10.9. The summed E-state index contributed by atoms with van der Waals surface area (Å²) in [6.07, 6.45) is 3.97. The van der Waals surface area contributed by atoms with E-state index < -0.39 is 10.0 Å². The van der Waals surface area contributed by atoms with Crippen molar-refractivity contribution in [2.75, 3.05) is 37.4 Å². The minimum absolute atomic E-state index is 0.0754. The van der Waals surface area contributed by atoms with Crippen molar-refractivity contribution in [2.24, 2.45) is 11.8 Å². The predicted octanol–water partition coefficient (Wildman–Crippen LogP) is 5.51. The number of para-hydroxylation sites is 1. The van der Waals surface area contributed by atoms with Crippen LogP contribution in [0.3, 0.4) is 0 Å². The Labute approximate surface area is 217 Å². The van der Waals surface area contributed by atoms with Crippen molar-refractivity contribution in [3.63, 3.8) is 0 Å². The van der Waals surface area contributed by atoms with Crippen LogP contribution in [0.1, 0.15) is 31.2 Å². The van der Waals surface area contributed by atoms with Gasteiger partial charge in [-0.3, -0.25) is 0 Å². The zero-order valence-electron chi connectivity index (χ0n) is 20.2. The van der Waals surface area contributed by atoms with Gasteiger partial charge in [0.15, 0.2) is 0 Å². The summed E-state index contributed by atoms with van der Waals surface area (Å²) in [5, 5.41) is 5.04. The fraction of sp³-hybridized carbons (Fsp3) is 0.440. The van der Waals surface area contributed by atoms with Gasteiger partial charge in [-0.15, -0.1) is 0 Å². The monoisotopic (exact) mass is 535 g/mol. The number of anilines is 2. The Bertz CT molecular complexity index is 1310. The lowest BCUT2D eigenvalue weighted by Gasteiger charge is -2.29. The number of halogens is 2. The third-order valence-corrected chi connectivity index (χ3v) is 8.88. The summed E-state index contributed by atoms with van der Waals surface area (Å²) in [6, 6.07) is 11.0. The van der Waals surface area contributed by atoms with Crippen molar-refractivity contribution in [2.45, 2.75) is 37.5 Å². The largest absolute Gasteiger partial charge is 0.362 e. The topological polar surface area (TPSA) is 87.2 Å². The summed E-state index contributed by atoms with van der Waals surface area (Å²) >= 11 is 12.2. The molecule has 35 heavy (non-hydrogen) atoms. The highest BCUT2D eigenvalue weighted by Crippen LogP contribution is 2.31. The molecule has 1 aromatic heterocycles. The van der Waals surface area contributed by atoms with Crippen LogP contribution in [0, 0.1) is 18.8 Å². The average molecular weight is 537 g/mol. The van der Waals surface area contributed by atoms with Crippen LogP contribution in [0.15, 0.2) is 41.3 Å². The van der Waals surface area contributed by atoms with Gasteiger partial charge in [0.05, 0.1) is 10.5 Å². The first-order valence-corrected chi connectivity index (χ1v) is 14.0. The standard InChI is InChI=1S/C25H31Cl2N5O2S/c1-16-12-23(21(27)13-20(16)26)35(33,34)29-15-18-10-8-17(9-11-18)14-28-25-30-22-7-5-4-6-19(22)24(31-25)32(2)3/h4-7,12-13,17-18,29H,8-11,14-15H2,1-3H3,(H,28,30,31)/t17-,18-. The summed E-state index contributed by atoms with van der Waals surface area (Å²) < 4.78 is 28.3. The maximum absolute atomic E-state index is 12.8. The molecule has 0 unspecified atom stereocenters. The highest BCUT2D eigenvalue weighted by molar-refractivity contribution is 7.89. The summed E-state index contributed by atoms with van der Waals surface area (Å²) in [5.41, 5.74) is 1.60. The van der Waals surface area contributed by atoms with Crippen LogP contribution in [-0.2, 0) is 10.0 Å². The molecule has 2 aromatic carbocycles. The molecule has 2 N–H and O–H groups in total. The lowest BCUT2D eigenvalue weighted by Crippen LogP contribution is -2.32. The smallest absolute Gasteiger partial charge is 0.242 e. The number of benzene rings is 2. The third-order valence-electron chi connectivity index (χ3n) is 6.59. The van der Waals surface area contributed by atoms with Crippen LogP contribution < -0.4 is 14.9 Å². The fourth-order valence-electron chi connectivity index (χ4n) is 4.50. The normalized spacial score (nSPS) is 18.5. The van der Waals surface area contributed by atoms with Gasteiger partial charge >= 0.3 is 0 Å². The molecular formula is C25H31Cl2N5O2S. The van der Waals surface area contributed by atoms with E-state index in [9.17, 15) is 8.42 Å². The Kier molecular flexibility index (Phi) is 8.06. The second-order valence-corrected chi connectivity index (χ2v) is 12.0. The molecule has 1 aliphatic rings. The molecule has 0 amide bonds. The van der Waals surface area contributed by atoms with Crippen molar-refractivity contribution in [3.05, 3.63) is 52.0 Å². The highest BCUT2D eigenvalue weighted by atomic mass is 35.5. The Hall–Kier alpha value is -2.13. The van der Waals surface area contributed by atoms with Gasteiger partial charge in [0.1, 0.15) is 10.7 Å². The van der Waals surface area contributed by atoms with Crippen LogP contribution in [-0.4, -0.2) is 45.6 Å². The molecule has 1 aliphatic carbocycles. The summed E-state index contributed by atoms with van der Waals surface area (Å²) in [5.74, 6) is 2.32. The lowest BCUT2D eigenvalue weighted by molar-refractivity contribution is 0.284. The Balaban J connectivity index is 1.30. The predicted molar refractivity (Wildman–Crippen MR) is 144 cm³/mol. The molecule has 0 saturated heterocycles. The number of sulfonamides is 1. The van der Waals surface area contributed by atoms with Crippen LogP contribution in [0.4, 0.5) is 11.8 Å². The summed E-state index contributed by atoms with van der Waals surface area (Å²) in [4.78, 5) is 11.5. The number of aryl methyl sites for hydroxylation is 1. The number of hydrogen-bond acceptors (Lipinski definition) is 6. The van der Waals surface area contributed by atoms with Crippen LogP contribution in [0.2, 0.25) is 10.0 Å². The van der Waals surface area contributed by atoms with Gasteiger partial charge in [-0.1, -0.05) is 35.3 Å². The van der Waals surface area contributed by atoms with Crippen LogP contribution in [0.25, 0.3) is 10.9 Å². The molecular weight excluding hydrogens is 505 g/mol. The molecule has 0 bridgehead atoms. The van der Waals surface area contributed by atoms with Gasteiger partial charge < -0.3 is 10.2 Å². The molecule has 1 heterocycles. The fourth-order valence-corrected chi connectivity index (χ4v) is 6.44. The van der Waals surface area contributed by atoms with Crippen molar-refractivity contribution in [3.8, 4) is 0 Å². The number of fused-ring (bicyclic) bond motifs is 1. The van der Waals surface area contributed by atoms with Gasteiger partial charge in [-0.05, 0) is 74.3 Å². The second-order valence-electron chi connectivity index (χ2n) is 9.43. The number of hydrogen-bond donors (Lipinski definition) is 2. The van der Waals surface area contributed by atoms with Gasteiger partial charge in [0, 0.05) is 37.6 Å². The molecule has 1 saturated carbocycles. The van der Waals surface area contributed by atoms with E-state index in [0.29, 0.717) is 34.9 Å². The van der Waals surface area contributed by atoms with E-state index >= 15 is 0 Å². The van der Waals surface area contributed by atoms with E-state index in [1.807, 2.05) is 43.3 Å². The molecule has 3 aromatic rings. The molecule has 10 heteroatoms. The first kappa shape index (κ1) is 25.9. The minimum atomic E-state index is -3.69. The van der Waals surface area contributed by atoms with Crippen molar-refractivity contribution in [1.82, 2.24) is 14.7 Å². The Morgan fingerprint density at radius 3 is 2.31 bits per heavy atom. The Morgan fingerprint density at radius 1 is 0.971 bits per heavy atom. The minimum Gasteiger partial charge on any atom is -0.362 e. The van der Waals surface area contributed by atoms with E-state index in [0.717, 1.165) is 48.9 Å². The number of rotatable bonds is 8. The van der Waals surface area contributed by atoms with E-state index in [1.54, 1.807) is 6.92 Å². The van der Waals surface area contributed by atoms with Gasteiger partial charge in [0.2, 0.25) is 16.0 Å². The van der Waals surface area contributed by atoms with Crippen LogP contribution >= 0.6 is 23.2 Å². The van der Waals surface area contributed by atoms with E-state index in [4.69, 9.17) is 28.2 Å². The molecule has 4 rings (SSSR count). The maximum Gasteiger partial charge on any atom is 0.242 e. The quantitative estimate of drug-likeness (QED) is 0.395. The number of nitrogens with zero attached hydrogens (tertiary/aromatic N) is 3. The number of nitrogens with one attached hydrogen (secondary N) is 2. The lowest BCUT2D eigenvalue weighted by atomic mass is 9.82. The molecule has 0 radical (unpaired) electrons. The maximum atomic E-state index is 12.8. The molecule has 1 fully saturated rings. The Morgan fingerprint density at radius 2 is 1.63 bits per heavy atom. The highest BCUT2D eigenvalue weighted by Gasteiger charge is 2.25. The first-order valence-electron chi connectivity index (χ1n) is 11.8. The average Bonchev–Trinajstić information content (AvgIpc) is 2.83. The third kappa shape index (κ3) is 6.17. The summed E-state index contributed by atoms with van der Waals surface area (Å²) in [7, 11) is 0.273. The zero-order valence-corrected chi connectivity index (χ0v) is 22.5. The molecule has 188 valence electrons. The van der Waals surface area contributed by atoms with Gasteiger partial charge in [-0.25, -0.2) is 18.1 Å².